The van der Waals surface area contributed by atoms with E-state index < -0.39 is 0 Å². The van der Waals surface area contributed by atoms with Crippen LogP contribution in [-0.2, 0) is 0 Å². The van der Waals surface area contributed by atoms with Crippen LogP contribution in [0.4, 0.5) is 0 Å². The number of rotatable bonds is 4. The summed E-state index contributed by atoms with van der Waals surface area (Å²) in [5.74, 6) is 0. The maximum Gasteiger partial charge on any atom is 0.146 e. The van der Waals surface area contributed by atoms with Gasteiger partial charge in [-0.2, -0.15) is 0 Å². The first-order valence-electron chi connectivity index (χ1n) is 16.8. The molecule has 0 aliphatic carbocycles. The predicted octanol–water partition coefficient (Wildman–Crippen LogP) is 11.4. The highest BCUT2D eigenvalue weighted by atomic mass is 15.1. The molecule has 0 saturated carbocycles. The maximum atomic E-state index is 5.38. The molecule has 8 aromatic carbocycles. The Bertz CT molecular complexity index is 2800. The van der Waals surface area contributed by atoms with Crippen LogP contribution in [0.25, 0.3) is 65.5 Å². The quantitative estimate of drug-likeness (QED) is 0.207. The summed E-state index contributed by atoms with van der Waals surface area (Å²) < 4.78 is 2.44. The van der Waals surface area contributed by atoms with Gasteiger partial charge in [0.15, 0.2) is 0 Å². The molecule has 1 aliphatic heterocycles. The fraction of sp³-hybridized carbons (Fsp3) is 0.0217. The molecule has 3 nitrogen and oxygen atoms in total. The van der Waals surface area contributed by atoms with E-state index in [-0.39, 0.29) is 6.17 Å². The zero-order valence-electron chi connectivity index (χ0n) is 26.7. The lowest BCUT2D eigenvalue weighted by Gasteiger charge is -2.27. The minimum Gasteiger partial charge on any atom is -0.359 e. The van der Waals surface area contributed by atoms with E-state index in [1.54, 1.807) is 0 Å². The van der Waals surface area contributed by atoms with Gasteiger partial charge in [0, 0.05) is 33.0 Å². The first-order valence-corrected chi connectivity index (χ1v) is 16.8. The molecular weight excluding hydrogens is 595 g/mol. The lowest BCUT2D eigenvalue weighted by Crippen LogP contribution is -2.25. The number of aromatic nitrogens is 1. The van der Waals surface area contributed by atoms with Gasteiger partial charge in [-0.25, -0.2) is 0 Å². The van der Waals surface area contributed by atoms with Gasteiger partial charge in [0.25, 0.3) is 0 Å². The van der Waals surface area contributed by atoms with Crippen molar-refractivity contribution in [1.82, 2.24) is 9.88 Å². The molecule has 1 aromatic heterocycles. The molecule has 9 aromatic rings. The Morgan fingerprint density at radius 3 is 2.00 bits per heavy atom. The zero-order valence-corrected chi connectivity index (χ0v) is 26.7. The minimum absolute atomic E-state index is 0.282. The van der Waals surface area contributed by atoms with Crippen molar-refractivity contribution in [2.75, 3.05) is 0 Å². The maximum absolute atomic E-state index is 5.38. The summed E-state index contributed by atoms with van der Waals surface area (Å²) in [7, 11) is 0. The van der Waals surface area contributed by atoms with Crippen molar-refractivity contribution in [3.63, 3.8) is 0 Å². The molecule has 10 rings (SSSR count). The number of nitrogens with one attached hydrogen (secondary N) is 1. The van der Waals surface area contributed by atoms with Gasteiger partial charge in [-0.05, 0) is 62.8 Å². The molecule has 0 spiro atoms. The fourth-order valence-electron chi connectivity index (χ4n) is 7.73. The standard InChI is InChI=1S/C46H31N3/c1-2-14-31(15-3-1)41-29-42(36-22-10-18-30-13-6-7-19-34(30)36)48-46(47-41)39-24-11-23-37-35(39)21-12-26-44(37)49-43-25-9-8-20-38(43)40-27-32-16-4-5-17-33(32)28-45(40)49/h1-29,46,48H. The van der Waals surface area contributed by atoms with Crippen LogP contribution in [0.2, 0.25) is 0 Å². The van der Waals surface area contributed by atoms with Gasteiger partial charge in [-0.15, -0.1) is 0 Å². The largest absolute Gasteiger partial charge is 0.359 e. The number of benzene rings is 8. The van der Waals surface area contributed by atoms with Crippen LogP contribution in [0, 0.1) is 0 Å². The van der Waals surface area contributed by atoms with E-state index in [0.29, 0.717) is 0 Å². The lowest BCUT2D eigenvalue weighted by molar-refractivity contribution is 0.670. The number of hydrogen-bond acceptors (Lipinski definition) is 2. The van der Waals surface area contributed by atoms with E-state index in [2.05, 4.69) is 186 Å². The monoisotopic (exact) mass is 625 g/mol. The summed E-state index contributed by atoms with van der Waals surface area (Å²) in [6.07, 6.45) is 1.92. The highest BCUT2D eigenvalue weighted by Crippen LogP contribution is 2.39. The van der Waals surface area contributed by atoms with E-state index >= 15 is 0 Å². The SMILES string of the molecule is C1=C(c2cccc3ccccc23)NC(c2cccc3c(-n4c5ccccc5c5cc6ccccc6cc54)cccc23)N=C1c1ccccc1. The molecule has 49 heavy (non-hydrogen) atoms. The smallest absolute Gasteiger partial charge is 0.146 e. The van der Waals surface area contributed by atoms with Gasteiger partial charge >= 0.3 is 0 Å². The van der Waals surface area contributed by atoms with Crippen molar-refractivity contribution in [3.05, 3.63) is 193 Å². The van der Waals surface area contributed by atoms with Gasteiger partial charge < -0.3 is 9.88 Å². The van der Waals surface area contributed by atoms with Gasteiger partial charge in [-0.3, -0.25) is 4.99 Å². The molecule has 1 N–H and O–H groups in total. The third kappa shape index (κ3) is 4.47. The second-order valence-corrected chi connectivity index (χ2v) is 12.8. The molecule has 1 aliphatic rings. The number of allylic oxidation sites excluding steroid dienone is 1. The number of fused-ring (bicyclic) bond motifs is 6. The second-order valence-electron chi connectivity index (χ2n) is 12.8. The number of hydrogen-bond donors (Lipinski definition) is 1. The van der Waals surface area contributed by atoms with Crippen LogP contribution < -0.4 is 5.32 Å². The van der Waals surface area contributed by atoms with Crippen LogP contribution in [0.15, 0.2) is 181 Å². The molecule has 1 unspecified atom stereocenters. The summed E-state index contributed by atoms with van der Waals surface area (Å²) in [5, 5.41) is 13.7. The highest BCUT2D eigenvalue weighted by molar-refractivity contribution is 6.16. The summed E-state index contributed by atoms with van der Waals surface area (Å²) in [5.41, 5.74) is 9.02. The highest BCUT2D eigenvalue weighted by Gasteiger charge is 2.23. The van der Waals surface area contributed by atoms with E-state index in [4.69, 9.17) is 4.99 Å². The summed E-state index contributed by atoms with van der Waals surface area (Å²) in [6, 6.07) is 61.1. The van der Waals surface area contributed by atoms with Crippen molar-refractivity contribution in [2.45, 2.75) is 6.17 Å². The van der Waals surface area contributed by atoms with E-state index in [9.17, 15) is 0 Å². The number of nitrogens with zero attached hydrogens (tertiary/aromatic N) is 2. The van der Waals surface area contributed by atoms with Crippen LogP contribution in [0.5, 0.6) is 0 Å². The molecule has 230 valence electrons. The normalized spacial score (nSPS) is 14.7. The number of aliphatic imine (C=N–C) groups is 1. The van der Waals surface area contributed by atoms with E-state index in [0.717, 1.165) is 28.2 Å². The van der Waals surface area contributed by atoms with Crippen LogP contribution in [0.3, 0.4) is 0 Å². The lowest BCUT2D eigenvalue weighted by atomic mass is 9.96. The van der Waals surface area contributed by atoms with E-state index in [1.165, 1.54) is 59.7 Å². The van der Waals surface area contributed by atoms with Crippen LogP contribution in [0.1, 0.15) is 22.9 Å². The zero-order chi connectivity index (χ0) is 32.3. The summed E-state index contributed by atoms with van der Waals surface area (Å²) >= 11 is 0. The molecule has 0 saturated heterocycles. The van der Waals surface area contributed by atoms with Gasteiger partial charge in [0.2, 0.25) is 0 Å². The Hall–Kier alpha value is -6.45. The molecule has 0 fully saturated rings. The second kappa shape index (κ2) is 11.1. The van der Waals surface area contributed by atoms with Crippen molar-refractivity contribution in [3.8, 4) is 5.69 Å². The van der Waals surface area contributed by atoms with Crippen molar-refractivity contribution < 1.29 is 0 Å². The fourth-order valence-corrected chi connectivity index (χ4v) is 7.73. The molecule has 0 bridgehead atoms. The van der Waals surface area contributed by atoms with Crippen LogP contribution >= 0.6 is 0 Å². The van der Waals surface area contributed by atoms with Gasteiger partial charge in [0.1, 0.15) is 6.17 Å². The average Bonchev–Trinajstić information content (AvgIpc) is 3.49. The van der Waals surface area contributed by atoms with E-state index in [1.807, 2.05) is 0 Å². The molecule has 0 amide bonds. The minimum atomic E-state index is -0.282. The summed E-state index contributed by atoms with van der Waals surface area (Å²) in [4.78, 5) is 5.38. The van der Waals surface area contributed by atoms with Gasteiger partial charge in [0.05, 0.1) is 22.4 Å². The van der Waals surface area contributed by atoms with Crippen molar-refractivity contribution >= 4 is 65.5 Å². The predicted molar refractivity (Wildman–Crippen MR) is 207 cm³/mol. The molecule has 0 radical (unpaired) electrons. The third-order valence-corrected chi connectivity index (χ3v) is 10.00. The third-order valence-electron chi connectivity index (χ3n) is 10.00. The van der Waals surface area contributed by atoms with Gasteiger partial charge in [-0.1, -0.05) is 146 Å². The summed E-state index contributed by atoms with van der Waals surface area (Å²) in [6.45, 7) is 0. The molecule has 2 heterocycles. The van der Waals surface area contributed by atoms with Crippen molar-refractivity contribution in [2.24, 2.45) is 4.99 Å². The molecular formula is C46H31N3. The first-order chi connectivity index (χ1) is 24.3. The Morgan fingerprint density at radius 2 is 1.12 bits per heavy atom. The Balaban J connectivity index is 1.18. The number of para-hydroxylation sites is 1. The Labute approximate surface area is 284 Å². The van der Waals surface area contributed by atoms with Crippen molar-refractivity contribution in [1.29, 1.82) is 0 Å². The topological polar surface area (TPSA) is 29.3 Å². The molecule has 3 heteroatoms. The molecule has 1 atom stereocenters. The average molecular weight is 626 g/mol. The Morgan fingerprint density at radius 1 is 0.469 bits per heavy atom. The van der Waals surface area contributed by atoms with Crippen LogP contribution in [-0.4, -0.2) is 10.3 Å². The first kappa shape index (κ1) is 27.6. The Kier molecular flexibility index (Phi) is 6.25.